The van der Waals surface area contributed by atoms with Gasteiger partial charge in [0.15, 0.2) is 0 Å². The molecule has 2 aliphatic rings. The first kappa shape index (κ1) is 13.2. The Labute approximate surface area is 108 Å². The number of hydrogen-bond donors (Lipinski definition) is 2. The molecule has 18 heavy (non-hydrogen) atoms. The molecule has 0 aromatic carbocycles. The summed E-state index contributed by atoms with van der Waals surface area (Å²) >= 11 is 0. The smallest absolute Gasteiger partial charge is 0.317 e. The van der Waals surface area contributed by atoms with Gasteiger partial charge >= 0.3 is 12.0 Å². The number of carbonyl (C=O) groups is 2. The maximum absolute atomic E-state index is 12.0. The van der Waals surface area contributed by atoms with Crippen LogP contribution in [0.5, 0.6) is 0 Å². The van der Waals surface area contributed by atoms with E-state index in [1.165, 1.54) is 25.7 Å². The number of nitrogens with zero attached hydrogens (tertiary/aromatic N) is 1. The van der Waals surface area contributed by atoms with Crippen molar-refractivity contribution in [1.82, 2.24) is 10.2 Å². The monoisotopic (exact) mass is 254 g/mol. The van der Waals surface area contributed by atoms with Crippen molar-refractivity contribution >= 4 is 12.0 Å². The zero-order chi connectivity index (χ0) is 13.0. The van der Waals surface area contributed by atoms with Crippen LogP contribution >= 0.6 is 0 Å². The maximum Gasteiger partial charge on any atom is 0.317 e. The van der Waals surface area contributed by atoms with Crippen molar-refractivity contribution in [2.75, 3.05) is 13.1 Å². The fourth-order valence-electron chi connectivity index (χ4n) is 2.60. The molecule has 0 atom stereocenters. The molecule has 2 rings (SSSR count). The maximum atomic E-state index is 12.0. The van der Waals surface area contributed by atoms with Gasteiger partial charge in [-0.05, 0) is 31.6 Å². The van der Waals surface area contributed by atoms with E-state index in [-0.39, 0.29) is 18.5 Å². The predicted molar refractivity (Wildman–Crippen MR) is 67.3 cm³/mol. The van der Waals surface area contributed by atoms with Crippen LogP contribution < -0.4 is 5.32 Å². The van der Waals surface area contributed by atoms with E-state index in [9.17, 15) is 9.59 Å². The molecule has 2 amide bonds. The van der Waals surface area contributed by atoms with E-state index < -0.39 is 5.97 Å². The van der Waals surface area contributed by atoms with Gasteiger partial charge in [0, 0.05) is 19.1 Å². The van der Waals surface area contributed by atoms with E-state index in [0.717, 1.165) is 19.4 Å². The molecule has 0 spiro atoms. The Bertz CT molecular complexity index is 309. The van der Waals surface area contributed by atoms with Crippen LogP contribution in [0.3, 0.4) is 0 Å². The molecule has 5 heteroatoms. The first-order valence-corrected chi connectivity index (χ1v) is 6.93. The highest BCUT2D eigenvalue weighted by Crippen LogP contribution is 2.27. The number of carboxylic acids is 1. The number of rotatable bonds is 6. The van der Waals surface area contributed by atoms with Gasteiger partial charge in [0.1, 0.15) is 0 Å². The van der Waals surface area contributed by atoms with E-state index in [1.54, 1.807) is 4.90 Å². The Morgan fingerprint density at radius 1 is 1.17 bits per heavy atom. The lowest BCUT2D eigenvalue weighted by Crippen LogP contribution is -2.43. The van der Waals surface area contributed by atoms with Crippen LogP contribution in [0, 0.1) is 5.92 Å². The Morgan fingerprint density at radius 2 is 1.83 bits per heavy atom. The minimum absolute atomic E-state index is 0.0351. The van der Waals surface area contributed by atoms with Crippen molar-refractivity contribution < 1.29 is 14.7 Å². The summed E-state index contributed by atoms with van der Waals surface area (Å²) in [6.45, 7) is 1.08. The number of aliphatic carboxylic acids is 1. The normalized spacial score (nSPS) is 19.8. The SMILES string of the molecule is O=C(O)CCN(C(=O)NCC1CCCC1)C1CC1. The van der Waals surface area contributed by atoms with Crippen molar-refractivity contribution in [3.63, 3.8) is 0 Å². The zero-order valence-corrected chi connectivity index (χ0v) is 10.7. The lowest BCUT2D eigenvalue weighted by molar-refractivity contribution is -0.137. The number of carbonyl (C=O) groups excluding carboxylic acids is 1. The third kappa shape index (κ3) is 3.89. The molecule has 0 saturated heterocycles. The lowest BCUT2D eigenvalue weighted by Gasteiger charge is -2.23. The van der Waals surface area contributed by atoms with Crippen LogP contribution in [0.25, 0.3) is 0 Å². The molecule has 5 nitrogen and oxygen atoms in total. The van der Waals surface area contributed by atoms with Gasteiger partial charge in [-0.25, -0.2) is 4.79 Å². The van der Waals surface area contributed by atoms with Gasteiger partial charge in [-0.2, -0.15) is 0 Å². The van der Waals surface area contributed by atoms with Crippen molar-refractivity contribution in [3.8, 4) is 0 Å². The Morgan fingerprint density at radius 3 is 2.39 bits per heavy atom. The molecule has 0 radical (unpaired) electrons. The number of hydrogen-bond acceptors (Lipinski definition) is 2. The minimum Gasteiger partial charge on any atom is -0.481 e. The van der Waals surface area contributed by atoms with Crippen molar-refractivity contribution in [2.24, 2.45) is 5.92 Å². The first-order valence-electron chi connectivity index (χ1n) is 6.93. The second kappa shape index (κ2) is 6.07. The average Bonchev–Trinajstić information content (AvgIpc) is 3.03. The third-order valence-electron chi connectivity index (χ3n) is 3.83. The Balaban J connectivity index is 1.74. The number of carboxylic acid groups (broad SMARTS) is 1. The molecule has 2 N–H and O–H groups in total. The van der Waals surface area contributed by atoms with Crippen molar-refractivity contribution in [2.45, 2.75) is 51.0 Å². The largest absolute Gasteiger partial charge is 0.481 e. The number of amides is 2. The summed E-state index contributed by atoms with van der Waals surface area (Å²) in [4.78, 5) is 24.3. The first-order chi connectivity index (χ1) is 8.66. The van der Waals surface area contributed by atoms with Crippen LogP contribution in [-0.4, -0.2) is 41.1 Å². The van der Waals surface area contributed by atoms with E-state index in [4.69, 9.17) is 5.11 Å². The molecule has 0 heterocycles. The predicted octanol–water partition coefficient (Wildman–Crippen LogP) is 1.83. The zero-order valence-electron chi connectivity index (χ0n) is 10.7. The molecule has 0 aromatic heterocycles. The standard InChI is InChI=1S/C13H22N2O3/c16-12(17)7-8-15(11-5-6-11)13(18)14-9-10-3-1-2-4-10/h10-11H,1-9H2,(H,14,18)(H,16,17). The minimum atomic E-state index is -0.843. The van der Waals surface area contributed by atoms with Crippen LogP contribution in [0.2, 0.25) is 0 Å². The quantitative estimate of drug-likeness (QED) is 0.759. The molecule has 2 fully saturated rings. The summed E-state index contributed by atoms with van der Waals surface area (Å²) in [5.74, 6) is -0.223. The number of urea groups is 1. The van der Waals surface area contributed by atoms with Crippen LogP contribution in [0.1, 0.15) is 44.9 Å². The third-order valence-corrected chi connectivity index (χ3v) is 3.83. The van der Waals surface area contributed by atoms with Gasteiger partial charge < -0.3 is 15.3 Å². The van der Waals surface area contributed by atoms with Gasteiger partial charge in [0.2, 0.25) is 0 Å². The number of nitrogens with one attached hydrogen (secondary N) is 1. The van der Waals surface area contributed by atoms with Gasteiger partial charge in [0.05, 0.1) is 6.42 Å². The fraction of sp³-hybridized carbons (Fsp3) is 0.846. The van der Waals surface area contributed by atoms with Gasteiger partial charge in [-0.15, -0.1) is 0 Å². The summed E-state index contributed by atoms with van der Waals surface area (Å²) < 4.78 is 0. The highest BCUT2D eigenvalue weighted by molar-refractivity contribution is 5.76. The topological polar surface area (TPSA) is 69.6 Å². The molecule has 102 valence electrons. The van der Waals surface area contributed by atoms with Crippen molar-refractivity contribution in [3.05, 3.63) is 0 Å². The van der Waals surface area contributed by atoms with Gasteiger partial charge in [0.25, 0.3) is 0 Å². The van der Waals surface area contributed by atoms with Crippen molar-refractivity contribution in [1.29, 1.82) is 0 Å². The van der Waals surface area contributed by atoms with E-state index in [2.05, 4.69) is 5.32 Å². The summed E-state index contributed by atoms with van der Waals surface area (Å²) in [5, 5.41) is 11.7. The summed E-state index contributed by atoms with van der Waals surface area (Å²) in [5.41, 5.74) is 0. The Kier molecular flexibility index (Phi) is 4.44. The highest BCUT2D eigenvalue weighted by atomic mass is 16.4. The average molecular weight is 254 g/mol. The Hall–Kier alpha value is -1.26. The second-order valence-corrected chi connectivity index (χ2v) is 5.40. The van der Waals surface area contributed by atoms with E-state index in [1.807, 2.05) is 0 Å². The van der Waals surface area contributed by atoms with E-state index in [0.29, 0.717) is 12.5 Å². The lowest BCUT2D eigenvalue weighted by atomic mass is 10.1. The van der Waals surface area contributed by atoms with Crippen LogP contribution in [0.4, 0.5) is 4.79 Å². The van der Waals surface area contributed by atoms with Gasteiger partial charge in [-0.3, -0.25) is 4.79 Å². The molecular weight excluding hydrogens is 232 g/mol. The second-order valence-electron chi connectivity index (χ2n) is 5.40. The van der Waals surface area contributed by atoms with E-state index >= 15 is 0 Å². The molecular formula is C13H22N2O3. The molecule has 2 aliphatic carbocycles. The summed E-state index contributed by atoms with van der Waals surface area (Å²) in [6.07, 6.45) is 7.01. The van der Waals surface area contributed by atoms with Crippen LogP contribution in [-0.2, 0) is 4.79 Å². The molecule has 0 aromatic rings. The highest BCUT2D eigenvalue weighted by Gasteiger charge is 2.32. The molecule has 0 unspecified atom stereocenters. The summed E-state index contributed by atoms with van der Waals surface area (Å²) in [7, 11) is 0. The fourth-order valence-corrected chi connectivity index (χ4v) is 2.60. The summed E-state index contributed by atoms with van der Waals surface area (Å²) in [6, 6.07) is 0.193. The van der Waals surface area contributed by atoms with Crippen LogP contribution in [0.15, 0.2) is 0 Å². The molecule has 0 aliphatic heterocycles. The molecule has 2 saturated carbocycles. The molecule has 0 bridgehead atoms. The van der Waals surface area contributed by atoms with Gasteiger partial charge in [-0.1, -0.05) is 12.8 Å².